The van der Waals surface area contributed by atoms with Gasteiger partial charge in [-0.15, -0.1) is 5.10 Å². The Bertz CT molecular complexity index is 1110. The maximum Gasteiger partial charge on any atom is 0.273 e. The first kappa shape index (κ1) is 20.7. The summed E-state index contributed by atoms with van der Waals surface area (Å²) in [4.78, 5) is 26.8. The molecule has 160 valence electrons. The highest BCUT2D eigenvalue weighted by Gasteiger charge is 2.30. The minimum atomic E-state index is -0.444. The standard InChI is InChI=1S/C23H24FN5O2/c1-15-7-9-17(10-8-15)13-28-14-18(11-21(28)30)12-25-23(31)22-16(2)29(27-26-22)20-6-4-3-5-19(20)24/h3-10,18H,11-14H2,1-2H3,(H,25,31). The second kappa shape index (κ2) is 8.67. The smallest absolute Gasteiger partial charge is 0.273 e. The molecule has 3 aromatic rings. The molecule has 1 fully saturated rings. The van der Waals surface area contributed by atoms with Crippen LogP contribution in [0, 0.1) is 25.6 Å². The number of para-hydroxylation sites is 1. The van der Waals surface area contributed by atoms with Gasteiger partial charge < -0.3 is 10.2 Å². The van der Waals surface area contributed by atoms with Crippen LogP contribution in [0.25, 0.3) is 5.69 Å². The van der Waals surface area contributed by atoms with Gasteiger partial charge in [0.15, 0.2) is 5.69 Å². The first-order chi connectivity index (χ1) is 14.9. The van der Waals surface area contributed by atoms with Crippen molar-refractivity contribution in [3.8, 4) is 5.69 Å². The van der Waals surface area contributed by atoms with Gasteiger partial charge in [-0.25, -0.2) is 9.07 Å². The maximum absolute atomic E-state index is 14.0. The van der Waals surface area contributed by atoms with Crippen LogP contribution in [-0.2, 0) is 11.3 Å². The number of nitrogens with zero attached hydrogens (tertiary/aromatic N) is 4. The summed E-state index contributed by atoms with van der Waals surface area (Å²) >= 11 is 0. The number of benzene rings is 2. The van der Waals surface area contributed by atoms with Gasteiger partial charge in [-0.3, -0.25) is 9.59 Å². The van der Waals surface area contributed by atoms with Crippen molar-refractivity contribution in [1.82, 2.24) is 25.2 Å². The highest BCUT2D eigenvalue weighted by Crippen LogP contribution is 2.20. The Morgan fingerprint density at radius 3 is 2.65 bits per heavy atom. The molecule has 0 saturated carbocycles. The third-order valence-electron chi connectivity index (χ3n) is 5.53. The summed E-state index contributed by atoms with van der Waals surface area (Å²) in [7, 11) is 0. The van der Waals surface area contributed by atoms with Crippen LogP contribution in [0.15, 0.2) is 48.5 Å². The van der Waals surface area contributed by atoms with Gasteiger partial charge in [-0.05, 0) is 31.5 Å². The van der Waals surface area contributed by atoms with E-state index in [1.807, 2.05) is 36.1 Å². The molecule has 0 bridgehead atoms. The molecule has 0 spiro atoms. The van der Waals surface area contributed by atoms with E-state index in [-0.39, 0.29) is 29.1 Å². The highest BCUT2D eigenvalue weighted by atomic mass is 19.1. The molecule has 7 nitrogen and oxygen atoms in total. The summed E-state index contributed by atoms with van der Waals surface area (Å²) in [5, 5.41) is 10.7. The Labute approximate surface area is 179 Å². The lowest BCUT2D eigenvalue weighted by Gasteiger charge is -2.17. The lowest BCUT2D eigenvalue weighted by molar-refractivity contribution is -0.128. The Kier molecular flexibility index (Phi) is 5.79. The normalized spacial score (nSPS) is 16.0. The number of aryl methyl sites for hydroxylation is 1. The van der Waals surface area contributed by atoms with E-state index in [0.717, 1.165) is 5.56 Å². The summed E-state index contributed by atoms with van der Waals surface area (Å²) in [6.07, 6.45) is 0.396. The molecular formula is C23H24FN5O2. The van der Waals surface area contributed by atoms with Crippen LogP contribution in [0.5, 0.6) is 0 Å². The van der Waals surface area contributed by atoms with Gasteiger partial charge in [0.1, 0.15) is 11.5 Å². The van der Waals surface area contributed by atoms with E-state index >= 15 is 0 Å². The molecule has 4 rings (SSSR count). The number of halogens is 1. The molecule has 0 aliphatic carbocycles. The molecule has 1 atom stereocenters. The molecule has 2 amide bonds. The summed E-state index contributed by atoms with van der Waals surface area (Å²) in [5.74, 6) is -0.713. The predicted molar refractivity (Wildman–Crippen MR) is 113 cm³/mol. The van der Waals surface area contributed by atoms with Gasteiger partial charge in [0.25, 0.3) is 5.91 Å². The van der Waals surface area contributed by atoms with Crippen molar-refractivity contribution in [2.75, 3.05) is 13.1 Å². The van der Waals surface area contributed by atoms with Gasteiger partial charge >= 0.3 is 0 Å². The molecule has 2 aromatic carbocycles. The van der Waals surface area contributed by atoms with Crippen molar-refractivity contribution in [3.05, 3.63) is 76.9 Å². The molecule has 31 heavy (non-hydrogen) atoms. The zero-order valence-corrected chi connectivity index (χ0v) is 17.5. The molecule has 1 aliphatic rings. The minimum absolute atomic E-state index is 0.0313. The van der Waals surface area contributed by atoms with Gasteiger partial charge in [0, 0.05) is 32.0 Å². The summed E-state index contributed by atoms with van der Waals surface area (Å²) in [6.45, 7) is 5.22. The number of nitrogens with one attached hydrogen (secondary N) is 1. The van der Waals surface area contributed by atoms with Crippen LogP contribution in [-0.4, -0.2) is 44.8 Å². The fourth-order valence-electron chi connectivity index (χ4n) is 3.77. The maximum atomic E-state index is 14.0. The largest absolute Gasteiger partial charge is 0.350 e. The fraction of sp³-hybridized carbons (Fsp3) is 0.304. The van der Waals surface area contributed by atoms with Crippen LogP contribution in [0.3, 0.4) is 0 Å². The number of carbonyl (C=O) groups excluding carboxylic acids is 2. The van der Waals surface area contributed by atoms with Crippen molar-refractivity contribution >= 4 is 11.8 Å². The zero-order valence-electron chi connectivity index (χ0n) is 17.5. The van der Waals surface area contributed by atoms with Gasteiger partial charge in [-0.2, -0.15) is 0 Å². The monoisotopic (exact) mass is 421 g/mol. The van der Waals surface area contributed by atoms with E-state index in [9.17, 15) is 14.0 Å². The molecule has 1 unspecified atom stereocenters. The molecular weight excluding hydrogens is 397 g/mol. The van der Waals surface area contributed by atoms with Crippen LogP contribution >= 0.6 is 0 Å². The van der Waals surface area contributed by atoms with E-state index in [1.54, 1.807) is 25.1 Å². The quantitative estimate of drug-likeness (QED) is 0.664. The van der Waals surface area contributed by atoms with E-state index in [4.69, 9.17) is 0 Å². The molecule has 8 heteroatoms. The first-order valence-electron chi connectivity index (χ1n) is 10.2. The lowest BCUT2D eigenvalue weighted by atomic mass is 10.1. The number of likely N-dealkylation sites (tertiary alicyclic amines) is 1. The average Bonchev–Trinajstić information content (AvgIpc) is 3.30. The van der Waals surface area contributed by atoms with E-state index in [1.165, 1.54) is 16.3 Å². The molecule has 1 N–H and O–H groups in total. The van der Waals surface area contributed by atoms with Crippen LogP contribution in [0.1, 0.15) is 33.7 Å². The second-order valence-corrected chi connectivity index (χ2v) is 7.93. The molecule has 0 radical (unpaired) electrons. The SMILES string of the molecule is Cc1ccc(CN2CC(CNC(=O)c3nnn(-c4ccccc4F)c3C)CC2=O)cc1. The Morgan fingerprint density at radius 1 is 1.16 bits per heavy atom. The van der Waals surface area contributed by atoms with E-state index in [2.05, 4.69) is 15.6 Å². The first-order valence-corrected chi connectivity index (χ1v) is 10.2. The zero-order chi connectivity index (χ0) is 22.0. The summed E-state index contributed by atoms with van der Waals surface area (Å²) < 4.78 is 15.4. The van der Waals surface area contributed by atoms with Crippen molar-refractivity contribution in [2.24, 2.45) is 5.92 Å². The Morgan fingerprint density at radius 2 is 1.90 bits per heavy atom. The van der Waals surface area contributed by atoms with Crippen molar-refractivity contribution < 1.29 is 14.0 Å². The van der Waals surface area contributed by atoms with E-state index < -0.39 is 5.82 Å². The van der Waals surface area contributed by atoms with E-state index in [0.29, 0.717) is 31.7 Å². The highest BCUT2D eigenvalue weighted by molar-refractivity contribution is 5.93. The van der Waals surface area contributed by atoms with Crippen LogP contribution < -0.4 is 5.32 Å². The number of hydrogen-bond acceptors (Lipinski definition) is 4. The summed E-state index contributed by atoms with van der Waals surface area (Å²) in [5.41, 5.74) is 3.10. The number of amides is 2. The fourth-order valence-corrected chi connectivity index (χ4v) is 3.77. The number of hydrogen-bond donors (Lipinski definition) is 1. The third kappa shape index (κ3) is 4.47. The second-order valence-electron chi connectivity index (χ2n) is 7.93. The van der Waals surface area contributed by atoms with Gasteiger partial charge in [-0.1, -0.05) is 47.2 Å². The van der Waals surface area contributed by atoms with Crippen molar-refractivity contribution in [3.63, 3.8) is 0 Å². The van der Waals surface area contributed by atoms with Crippen molar-refractivity contribution in [2.45, 2.75) is 26.8 Å². The van der Waals surface area contributed by atoms with Crippen LogP contribution in [0.2, 0.25) is 0 Å². The molecule has 2 heterocycles. The van der Waals surface area contributed by atoms with Gasteiger partial charge in [0.05, 0.1) is 5.69 Å². The topological polar surface area (TPSA) is 80.1 Å². The Balaban J connectivity index is 1.36. The lowest BCUT2D eigenvalue weighted by Crippen LogP contribution is -2.31. The third-order valence-corrected chi connectivity index (χ3v) is 5.53. The Hall–Kier alpha value is -3.55. The molecule has 1 saturated heterocycles. The number of carbonyl (C=O) groups is 2. The predicted octanol–water partition coefficient (Wildman–Crippen LogP) is 2.80. The van der Waals surface area contributed by atoms with Gasteiger partial charge in [0.2, 0.25) is 5.91 Å². The molecule has 1 aliphatic heterocycles. The number of rotatable bonds is 6. The van der Waals surface area contributed by atoms with Crippen molar-refractivity contribution in [1.29, 1.82) is 0 Å². The average molecular weight is 421 g/mol. The molecule has 1 aromatic heterocycles. The van der Waals surface area contributed by atoms with Crippen LogP contribution in [0.4, 0.5) is 4.39 Å². The minimum Gasteiger partial charge on any atom is -0.350 e. The summed E-state index contributed by atoms with van der Waals surface area (Å²) in [6, 6.07) is 14.3. The number of aromatic nitrogens is 3.